The predicted molar refractivity (Wildman–Crippen MR) is 87.3 cm³/mol. The van der Waals surface area contributed by atoms with Crippen molar-refractivity contribution in [2.45, 2.75) is 13.1 Å². The van der Waals surface area contributed by atoms with Gasteiger partial charge in [-0.1, -0.05) is 29.8 Å². The minimum absolute atomic E-state index is 0.781. The molecule has 0 saturated carbocycles. The lowest BCUT2D eigenvalue weighted by Gasteiger charge is -2.17. The number of rotatable bonds is 5. The zero-order valence-corrected chi connectivity index (χ0v) is 13.9. The van der Waals surface area contributed by atoms with E-state index in [2.05, 4.69) is 46.1 Å². The minimum Gasteiger partial charge on any atom is -0.496 e. The minimum atomic E-state index is 0.781. The quantitative estimate of drug-likeness (QED) is 0.769. The van der Waals surface area contributed by atoms with E-state index in [9.17, 15) is 0 Å². The Morgan fingerprint density at radius 1 is 1.10 bits per heavy atom. The summed E-state index contributed by atoms with van der Waals surface area (Å²) in [6.45, 7) is 1.74. The first-order valence-corrected chi connectivity index (χ1v) is 7.51. The fourth-order valence-electron chi connectivity index (χ4n) is 2.12. The van der Waals surface area contributed by atoms with Gasteiger partial charge >= 0.3 is 0 Å². The Hall–Kier alpha value is -1.03. The summed E-state index contributed by atoms with van der Waals surface area (Å²) in [6.07, 6.45) is 0. The summed E-state index contributed by atoms with van der Waals surface area (Å²) in [5.41, 5.74) is 2.45. The molecule has 0 bridgehead atoms. The molecule has 0 aliphatic carbocycles. The maximum Gasteiger partial charge on any atom is 0.133 e. The van der Waals surface area contributed by atoms with Crippen LogP contribution in [0.3, 0.4) is 0 Å². The van der Waals surface area contributed by atoms with Gasteiger partial charge in [0.25, 0.3) is 0 Å². The molecule has 0 aliphatic rings. The number of methoxy groups -OCH3 is 1. The molecule has 2 rings (SSSR count). The number of nitrogens with zero attached hydrogens (tertiary/aromatic N) is 1. The molecule has 0 N–H and O–H groups in total. The van der Waals surface area contributed by atoms with Crippen molar-refractivity contribution in [2.75, 3.05) is 14.2 Å². The van der Waals surface area contributed by atoms with Crippen LogP contribution in [-0.4, -0.2) is 19.1 Å². The number of hydrogen-bond donors (Lipinski definition) is 0. The summed E-state index contributed by atoms with van der Waals surface area (Å²) in [5, 5.41) is 0.781. The molecule has 0 spiro atoms. The molecule has 2 nitrogen and oxygen atoms in total. The molecule has 4 heteroatoms. The Labute approximate surface area is 133 Å². The number of ether oxygens (including phenoxy) is 1. The van der Waals surface area contributed by atoms with E-state index in [1.165, 1.54) is 11.1 Å². The molecular formula is C16H17BrClNO. The van der Waals surface area contributed by atoms with Gasteiger partial charge in [0.1, 0.15) is 5.75 Å². The van der Waals surface area contributed by atoms with Crippen molar-refractivity contribution < 1.29 is 4.74 Å². The lowest BCUT2D eigenvalue weighted by atomic mass is 10.2. The van der Waals surface area contributed by atoms with Crippen LogP contribution in [0.15, 0.2) is 46.9 Å². The van der Waals surface area contributed by atoms with Gasteiger partial charge in [0.2, 0.25) is 0 Å². The van der Waals surface area contributed by atoms with Gasteiger partial charge < -0.3 is 4.74 Å². The second-order valence-corrected chi connectivity index (χ2v) is 6.06. The third-order valence-corrected chi connectivity index (χ3v) is 3.87. The van der Waals surface area contributed by atoms with Crippen molar-refractivity contribution in [3.05, 3.63) is 63.1 Å². The first kappa shape index (κ1) is 15.4. The zero-order chi connectivity index (χ0) is 14.5. The van der Waals surface area contributed by atoms with Crippen molar-refractivity contribution >= 4 is 27.5 Å². The molecule has 0 aromatic heterocycles. The molecule has 0 saturated heterocycles. The molecule has 0 fully saturated rings. The summed E-state index contributed by atoms with van der Waals surface area (Å²) in [5.74, 6) is 0.853. The van der Waals surface area contributed by atoms with Gasteiger partial charge in [0.15, 0.2) is 0 Å². The number of benzene rings is 2. The van der Waals surface area contributed by atoms with Crippen molar-refractivity contribution in [1.29, 1.82) is 0 Å². The zero-order valence-electron chi connectivity index (χ0n) is 11.6. The molecule has 106 valence electrons. The van der Waals surface area contributed by atoms with Crippen molar-refractivity contribution in [3.8, 4) is 5.75 Å². The van der Waals surface area contributed by atoms with Crippen molar-refractivity contribution in [2.24, 2.45) is 0 Å². The molecule has 2 aromatic rings. The van der Waals surface area contributed by atoms with E-state index < -0.39 is 0 Å². The van der Waals surface area contributed by atoms with Crippen LogP contribution < -0.4 is 4.74 Å². The van der Waals surface area contributed by atoms with Crippen LogP contribution in [0.1, 0.15) is 11.1 Å². The molecular weight excluding hydrogens is 338 g/mol. The maximum absolute atomic E-state index is 6.00. The second kappa shape index (κ2) is 7.11. The monoisotopic (exact) mass is 353 g/mol. The Kier molecular flexibility index (Phi) is 5.46. The van der Waals surface area contributed by atoms with Gasteiger partial charge in [-0.15, -0.1) is 0 Å². The molecule has 0 unspecified atom stereocenters. The van der Waals surface area contributed by atoms with Crippen LogP contribution in [-0.2, 0) is 13.1 Å². The van der Waals surface area contributed by atoms with Crippen LogP contribution in [0, 0.1) is 0 Å². The molecule has 0 aliphatic heterocycles. The van der Waals surface area contributed by atoms with Gasteiger partial charge in [-0.2, -0.15) is 0 Å². The molecule has 2 aromatic carbocycles. The van der Waals surface area contributed by atoms with Gasteiger partial charge in [-0.05, 0) is 58.4 Å². The molecule has 0 heterocycles. The SMILES string of the molecule is COc1ccc(CN(C)Cc2cccc(Cl)c2)cc1Br. The fourth-order valence-corrected chi connectivity index (χ4v) is 2.92. The van der Waals surface area contributed by atoms with E-state index in [-0.39, 0.29) is 0 Å². The van der Waals surface area contributed by atoms with Gasteiger partial charge in [-0.3, -0.25) is 4.90 Å². The van der Waals surface area contributed by atoms with E-state index in [1.54, 1.807) is 7.11 Å². The molecule has 0 atom stereocenters. The Bertz CT molecular complexity index is 588. The third kappa shape index (κ3) is 4.23. The highest BCUT2D eigenvalue weighted by atomic mass is 79.9. The predicted octanol–water partition coefficient (Wildman–Crippen LogP) is 4.74. The van der Waals surface area contributed by atoms with Gasteiger partial charge in [0.05, 0.1) is 11.6 Å². The first-order valence-electron chi connectivity index (χ1n) is 6.34. The lowest BCUT2D eigenvalue weighted by molar-refractivity contribution is 0.318. The van der Waals surface area contributed by atoms with Crippen LogP contribution in [0.2, 0.25) is 5.02 Å². The normalized spacial score (nSPS) is 10.8. The highest BCUT2D eigenvalue weighted by Gasteiger charge is 2.05. The molecule has 20 heavy (non-hydrogen) atoms. The maximum atomic E-state index is 6.00. The summed E-state index contributed by atoms with van der Waals surface area (Å²) in [7, 11) is 3.77. The summed E-state index contributed by atoms with van der Waals surface area (Å²) in [6, 6.07) is 14.1. The second-order valence-electron chi connectivity index (χ2n) is 4.77. The van der Waals surface area contributed by atoms with Crippen molar-refractivity contribution in [1.82, 2.24) is 4.90 Å². The highest BCUT2D eigenvalue weighted by molar-refractivity contribution is 9.10. The highest BCUT2D eigenvalue weighted by Crippen LogP contribution is 2.26. The van der Waals surface area contributed by atoms with Crippen LogP contribution in [0.5, 0.6) is 5.75 Å². The first-order chi connectivity index (χ1) is 9.58. The van der Waals surface area contributed by atoms with Crippen LogP contribution >= 0.6 is 27.5 Å². The van der Waals surface area contributed by atoms with Gasteiger partial charge in [-0.25, -0.2) is 0 Å². The topological polar surface area (TPSA) is 12.5 Å². The third-order valence-electron chi connectivity index (χ3n) is 3.01. The standard InChI is InChI=1S/C16H17BrClNO/c1-19(10-12-4-3-5-14(18)8-12)11-13-6-7-16(20-2)15(17)9-13/h3-9H,10-11H2,1-2H3. The van der Waals surface area contributed by atoms with Crippen molar-refractivity contribution in [3.63, 3.8) is 0 Å². The summed E-state index contributed by atoms with van der Waals surface area (Å²) in [4.78, 5) is 2.25. The van der Waals surface area contributed by atoms with E-state index in [0.29, 0.717) is 0 Å². The molecule has 0 radical (unpaired) electrons. The average molecular weight is 355 g/mol. The Morgan fingerprint density at radius 2 is 1.80 bits per heavy atom. The average Bonchev–Trinajstić information content (AvgIpc) is 2.38. The Morgan fingerprint density at radius 3 is 2.40 bits per heavy atom. The summed E-state index contributed by atoms with van der Waals surface area (Å²) >= 11 is 9.52. The van der Waals surface area contributed by atoms with E-state index in [4.69, 9.17) is 16.3 Å². The van der Waals surface area contributed by atoms with E-state index in [1.807, 2.05) is 24.3 Å². The molecule has 0 amide bonds. The summed E-state index contributed by atoms with van der Waals surface area (Å²) < 4.78 is 6.22. The van der Waals surface area contributed by atoms with Crippen LogP contribution in [0.25, 0.3) is 0 Å². The fraction of sp³-hybridized carbons (Fsp3) is 0.250. The number of hydrogen-bond acceptors (Lipinski definition) is 2. The Balaban J connectivity index is 2.01. The number of halogens is 2. The van der Waals surface area contributed by atoms with E-state index >= 15 is 0 Å². The van der Waals surface area contributed by atoms with E-state index in [0.717, 1.165) is 28.3 Å². The smallest absolute Gasteiger partial charge is 0.133 e. The lowest BCUT2D eigenvalue weighted by Crippen LogP contribution is -2.17. The van der Waals surface area contributed by atoms with Gasteiger partial charge in [0, 0.05) is 18.1 Å². The van der Waals surface area contributed by atoms with Crippen LogP contribution in [0.4, 0.5) is 0 Å². The largest absolute Gasteiger partial charge is 0.496 e.